The Morgan fingerprint density at radius 1 is 1.21 bits per heavy atom. The lowest BCUT2D eigenvalue weighted by Gasteiger charge is -2.26. The third kappa shape index (κ3) is 4.05. The third-order valence-corrected chi connectivity index (χ3v) is 5.53. The Bertz CT molecular complexity index is 1370. The summed E-state index contributed by atoms with van der Waals surface area (Å²) in [5, 5.41) is 13.9. The summed E-state index contributed by atoms with van der Waals surface area (Å²) in [6.07, 6.45) is -0.00659. The number of carbonyl (C=O) groups is 1. The number of hydrogen-bond donors (Lipinski definition) is 3. The van der Waals surface area contributed by atoms with E-state index in [2.05, 4.69) is 20.1 Å². The zero-order chi connectivity index (χ0) is 24.6. The second kappa shape index (κ2) is 8.89. The van der Waals surface area contributed by atoms with Crippen LogP contribution in [0.25, 0.3) is 17.0 Å². The molecule has 0 spiro atoms. The Labute approximate surface area is 192 Å². The first kappa shape index (κ1) is 22.8. The number of pyridine rings is 1. The van der Waals surface area contributed by atoms with Crippen LogP contribution in [0.2, 0.25) is 0 Å². The molecule has 0 fully saturated rings. The monoisotopic (exact) mass is 468 g/mol. The zero-order valence-corrected chi connectivity index (χ0v) is 18.4. The molecule has 0 aliphatic heterocycles. The highest BCUT2D eigenvalue weighted by atomic mass is 19.1. The van der Waals surface area contributed by atoms with E-state index in [1.807, 2.05) is 0 Å². The summed E-state index contributed by atoms with van der Waals surface area (Å²) >= 11 is 0. The number of benzene rings is 1. The lowest BCUT2D eigenvalue weighted by molar-refractivity contribution is 0.131. The van der Waals surface area contributed by atoms with Gasteiger partial charge in [-0.15, -0.1) is 0 Å². The molecule has 176 valence electrons. The molecule has 0 saturated carbocycles. The van der Waals surface area contributed by atoms with Gasteiger partial charge in [0, 0.05) is 19.0 Å². The van der Waals surface area contributed by atoms with Gasteiger partial charge in [0.1, 0.15) is 28.8 Å². The van der Waals surface area contributed by atoms with Crippen molar-refractivity contribution in [2.45, 2.75) is 26.3 Å². The molecule has 3 aromatic heterocycles. The van der Waals surface area contributed by atoms with Crippen LogP contribution in [0, 0.1) is 11.6 Å². The fraction of sp³-hybridized carbons (Fsp3) is 0.227. The van der Waals surface area contributed by atoms with E-state index in [9.17, 15) is 18.7 Å². The second-order valence-corrected chi connectivity index (χ2v) is 7.60. The van der Waals surface area contributed by atoms with E-state index in [1.165, 1.54) is 16.8 Å². The predicted octanol–water partition coefficient (Wildman–Crippen LogP) is 3.30. The highest BCUT2D eigenvalue weighted by Gasteiger charge is 2.26. The quantitative estimate of drug-likeness (QED) is 0.390. The van der Waals surface area contributed by atoms with Gasteiger partial charge in [0.05, 0.1) is 29.0 Å². The van der Waals surface area contributed by atoms with Gasteiger partial charge in [0.15, 0.2) is 0 Å². The third-order valence-electron chi connectivity index (χ3n) is 5.53. The van der Waals surface area contributed by atoms with Crippen molar-refractivity contribution in [2.24, 2.45) is 0 Å². The molecule has 34 heavy (non-hydrogen) atoms. The number of anilines is 2. The molecule has 0 saturated heterocycles. The van der Waals surface area contributed by atoms with E-state index in [0.29, 0.717) is 16.8 Å². The Morgan fingerprint density at radius 2 is 1.88 bits per heavy atom. The van der Waals surface area contributed by atoms with E-state index in [-0.39, 0.29) is 41.6 Å². The number of nitrogen functional groups attached to an aromatic ring is 2. The first-order valence-electron chi connectivity index (χ1n) is 10.4. The summed E-state index contributed by atoms with van der Waals surface area (Å²) in [6, 6.07) is 6.73. The van der Waals surface area contributed by atoms with Crippen LogP contribution in [0.4, 0.5) is 25.2 Å². The minimum Gasteiger partial charge on any atom is -0.465 e. The number of aromatic nitrogens is 5. The standard InChI is InChI=1S/C22H22F2N8O2/c1-3-31(22(33)34)11(2)17-19(25)28-21(29-20(17)26)32-16-9-13(23)10-27-18(16)15(30-32)8-12-6-4-5-7-14(12)24/h4-7,9-11H,3,8H2,1-2H3,(H,33,34)(H4,25,26,28,29). The Morgan fingerprint density at radius 3 is 2.50 bits per heavy atom. The van der Waals surface area contributed by atoms with Crippen molar-refractivity contribution in [3.63, 3.8) is 0 Å². The zero-order valence-electron chi connectivity index (χ0n) is 18.4. The number of fused-ring (bicyclic) bond motifs is 1. The van der Waals surface area contributed by atoms with Gasteiger partial charge in [-0.05, 0) is 25.5 Å². The van der Waals surface area contributed by atoms with Crippen molar-refractivity contribution in [1.82, 2.24) is 29.6 Å². The van der Waals surface area contributed by atoms with Gasteiger partial charge < -0.3 is 21.5 Å². The van der Waals surface area contributed by atoms with Gasteiger partial charge in [-0.25, -0.2) is 18.6 Å². The minimum atomic E-state index is -1.14. The molecular formula is C22H22F2N8O2. The number of carboxylic acid groups (broad SMARTS) is 1. The number of halogens is 2. The van der Waals surface area contributed by atoms with E-state index >= 15 is 0 Å². The van der Waals surface area contributed by atoms with Gasteiger partial charge in [0.2, 0.25) is 0 Å². The van der Waals surface area contributed by atoms with Gasteiger partial charge in [-0.2, -0.15) is 19.7 Å². The van der Waals surface area contributed by atoms with Crippen LogP contribution in [0.5, 0.6) is 0 Å². The lowest BCUT2D eigenvalue weighted by atomic mass is 10.1. The fourth-order valence-corrected chi connectivity index (χ4v) is 3.87. The van der Waals surface area contributed by atoms with Crippen molar-refractivity contribution < 1.29 is 18.7 Å². The molecule has 12 heteroatoms. The Balaban J connectivity index is 1.83. The molecule has 0 radical (unpaired) electrons. The molecule has 4 aromatic rings. The summed E-state index contributed by atoms with van der Waals surface area (Å²) in [5.41, 5.74) is 13.9. The molecular weight excluding hydrogens is 446 g/mol. The van der Waals surface area contributed by atoms with Gasteiger partial charge in [0.25, 0.3) is 5.95 Å². The molecule has 1 aromatic carbocycles. The average Bonchev–Trinajstić information content (AvgIpc) is 3.12. The largest absolute Gasteiger partial charge is 0.465 e. The number of hydrogen-bond acceptors (Lipinski definition) is 7. The normalized spacial score (nSPS) is 12.1. The van der Waals surface area contributed by atoms with Crippen LogP contribution >= 0.6 is 0 Å². The Kier molecular flexibility index (Phi) is 5.97. The maximum atomic E-state index is 14.2. The molecule has 0 aliphatic rings. The van der Waals surface area contributed by atoms with Crippen LogP contribution in [0.15, 0.2) is 36.5 Å². The SMILES string of the molecule is CCN(C(=O)O)C(C)c1c(N)nc(-n2nc(Cc3ccccc3F)c3ncc(F)cc32)nc1N. The molecule has 1 atom stereocenters. The van der Waals surface area contributed by atoms with Gasteiger partial charge in [-0.3, -0.25) is 0 Å². The molecule has 10 nitrogen and oxygen atoms in total. The number of rotatable bonds is 6. The van der Waals surface area contributed by atoms with Gasteiger partial charge in [-0.1, -0.05) is 18.2 Å². The number of amides is 1. The van der Waals surface area contributed by atoms with Crippen LogP contribution in [0.3, 0.4) is 0 Å². The highest BCUT2D eigenvalue weighted by molar-refractivity contribution is 5.79. The van der Waals surface area contributed by atoms with Crippen molar-refractivity contribution in [1.29, 1.82) is 0 Å². The van der Waals surface area contributed by atoms with Crippen LogP contribution in [-0.2, 0) is 6.42 Å². The smallest absolute Gasteiger partial charge is 0.407 e. The summed E-state index contributed by atoms with van der Waals surface area (Å²) < 4.78 is 29.5. The summed E-state index contributed by atoms with van der Waals surface area (Å²) in [6.45, 7) is 3.50. The molecule has 5 N–H and O–H groups in total. The first-order valence-corrected chi connectivity index (χ1v) is 10.4. The van der Waals surface area contributed by atoms with Crippen molar-refractivity contribution in [3.8, 4) is 5.95 Å². The topological polar surface area (TPSA) is 149 Å². The highest BCUT2D eigenvalue weighted by Crippen LogP contribution is 2.30. The molecule has 3 heterocycles. The average molecular weight is 468 g/mol. The maximum absolute atomic E-state index is 14.2. The molecule has 1 unspecified atom stereocenters. The van der Waals surface area contributed by atoms with E-state index < -0.39 is 23.8 Å². The molecule has 0 aliphatic carbocycles. The lowest BCUT2D eigenvalue weighted by Crippen LogP contribution is -2.33. The predicted molar refractivity (Wildman–Crippen MR) is 121 cm³/mol. The molecule has 0 bridgehead atoms. The summed E-state index contributed by atoms with van der Waals surface area (Å²) in [4.78, 5) is 25.3. The summed E-state index contributed by atoms with van der Waals surface area (Å²) in [7, 11) is 0. The van der Waals surface area contributed by atoms with Crippen molar-refractivity contribution >= 4 is 28.8 Å². The van der Waals surface area contributed by atoms with Crippen molar-refractivity contribution in [2.75, 3.05) is 18.0 Å². The minimum absolute atomic E-state index is 0.0432. The van der Waals surface area contributed by atoms with E-state index in [0.717, 1.165) is 11.1 Å². The van der Waals surface area contributed by atoms with Crippen molar-refractivity contribution in [3.05, 3.63) is 65.0 Å². The summed E-state index contributed by atoms with van der Waals surface area (Å²) in [5.74, 6) is -1.16. The fourth-order valence-electron chi connectivity index (χ4n) is 3.87. The molecule has 1 amide bonds. The van der Waals surface area contributed by atoms with E-state index in [4.69, 9.17) is 11.5 Å². The van der Waals surface area contributed by atoms with Gasteiger partial charge >= 0.3 is 6.09 Å². The van der Waals surface area contributed by atoms with Crippen LogP contribution in [-0.4, -0.2) is 47.4 Å². The van der Waals surface area contributed by atoms with E-state index in [1.54, 1.807) is 32.0 Å². The second-order valence-electron chi connectivity index (χ2n) is 7.60. The number of nitrogens with two attached hydrogens (primary N) is 2. The number of nitrogens with zero attached hydrogens (tertiary/aromatic N) is 6. The Hall–Kier alpha value is -4.35. The maximum Gasteiger partial charge on any atom is 0.407 e. The van der Waals surface area contributed by atoms with Crippen LogP contribution in [0.1, 0.15) is 36.7 Å². The first-order chi connectivity index (χ1) is 16.2. The van der Waals surface area contributed by atoms with Crippen LogP contribution < -0.4 is 11.5 Å². The molecule has 4 rings (SSSR count).